The van der Waals surface area contributed by atoms with Gasteiger partial charge < -0.3 is 19.5 Å². The highest BCUT2D eigenvalue weighted by Crippen LogP contribution is 2.27. The predicted octanol–water partition coefficient (Wildman–Crippen LogP) is 6.03. The number of nitrogens with zero attached hydrogens (tertiary/aromatic N) is 1. The minimum absolute atomic E-state index is 0.0425. The summed E-state index contributed by atoms with van der Waals surface area (Å²) in [5.41, 5.74) is 2.32. The Bertz CT molecular complexity index is 1230. The molecule has 3 aromatic carbocycles. The molecule has 0 heterocycles. The number of rotatable bonds is 9. The second-order valence-corrected chi connectivity index (χ2v) is 8.96. The molecular weight excluding hydrogens is 564 g/mol. The fourth-order valence-electron chi connectivity index (χ4n) is 3.08. The first-order valence-electron chi connectivity index (χ1n) is 10.2. The molecule has 3 rings (SSSR count). The molecule has 0 radical (unpaired) electrons. The summed E-state index contributed by atoms with van der Waals surface area (Å²) in [5.74, 6) is 1.29. The number of amides is 1. The highest BCUT2D eigenvalue weighted by atomic mass is 79.9. The summed E-state index contributed by atoms with van der Waals surface area (Å²) in [4.78, 5) is 12.8. The van der Waals surface area contributed by atoms with Crippen molar-refractivity contribution in [1.82, 2.24) is 5.32 Å². The topological polar surface area (TPSA) is 80.6 Å². The number of benzene rings is 3. The molecule has 0 saturated heterocycles. The zero-order chi connectivity index (χ0) is 24.5. The lowest BCUT2D eigenvalue weighted by Crippen LogP contribution is -2.24. The highest BCUT2D eigenvalue weighted by Gasteiger charge is 2.13. The fourth-order valence-corrected chi connectivity index (χ4v) is 3.72. The molecule has 3 aromatic rings. The van der Waals surface area contributed by atoms with Crippen LogP contribution in [0.3, 0.4) is 0 Å². The first-order valence-corrected chi connectivity index (χ1v) is 11.8. The van der Waals surface area contributed by atoms with Gasteiger partial charge in [0.2, 0.25) is 0 Å². The number of nitriles is 1. The molecule has 0 atom stereocenters. The van der Waals surface area contributed by atoms with Gasteiger partial charge in [-0.15, -0.1) is 0 Å². The van der Waals surface area contributed by atoms with Crippen molar-refractivity contribution >= 4 is 43.8 Å². The van der Waals surface area contributed by atoms with E-state index in [1.807, 2.05) is 36.4 Å². The average molecular weight is 586 g/mol. The maximum Gasteiger partial charge on any atom is 0.262 e. The van der Waals surface area contributed by atoms with Crippen molar-refractivity contribution in [3.8, 4) is 23.3 Å². The minimum Gasteiger partial charge on any atom is -0.497 e. The maximum absolute atomic E-state index is 12.8. The predicted molar refractivity (Wildman–Crippen MR) is 138 cm³/mol. The normalized spacial score (nSPS) is 10.9. The molecule has 0 aliphatic rings. The van der Waals surface area contributed by atoms with Gasteiger partial charge >= 0.3 is 0 Å². The van der Waals surface area contributed by atoms with Gasteiger partial charge in [0, 0.05) is 32.7 Å². The van der Waals surface area contributed by atoms with Crippen molar-refractivity contribution in [2.75, 3.05) is 14.2 Å². The van der Waals surface area contributed by atoms with Gasteiger partial charge in [-0.25, -0.2) is 0 Å². The van der Waals surface area contributed by atoms with Crippen LogP contribution in [-0.4, -0.2) is 20.1 Å². The third-order valence-electron chi connectivity index (χ3n) is 4.88. The summed E-state index contributed by atoms with van der Waals surface area (Å²) in [5, 5.41) is 12.4. The van der Waals surface area contributed by atoms with E-state index in [0.29, 0.717) is 29.4 Å². The third kappa shape index (κ3) is 6.86. The fraction of sp³-hybridized carbons (Fsp3) is 0.154. The molecule has 0 unspecified atom stereocenters. The molecule has 6 nitrogen and oxygen atoms in total. The van der Waals surface area contributed by atoms with Crippen LogP contribution >= 0.6 is 31.9 Å². The minimum atomic E-state index is -0.501. The second-order valence-electron chi connectivity index (χ2n) is 7.13. The monoisotopic (exact) mass is 584 g/mol. The van der Waals surface area contributed by atoms with Crippen LogP contribution in [-0.2, 0) is 17.9 Å². The van der Waals surface area contributed by atoms with E-state index >= 15 is 0 Å². The van der Waals surface area contributed by atoms with E-state index in [9.17, 15) is 10.1 Å². The Morgan fingerprint density at radius 1 is 0.971 bits per heavy atom. The SMILES string of the molecule is COc1ccc(CNC(=O)/C(C#N)=C/c2cc(Br)ccc2OCc2ccc(Br)cc2)c(OC)c1. The van der Waals surface area contributed by atoms with Crippen LogP contribution in [0.1, 0.15) is 16.7 Å². The van der Waals surface area contributed by atoms with Gasteiger partial charge in [-0.3, -0.25) is 4.79 Å². The van der Waals surface area contributed by atoms with E-state index < -0.39 is 5.91 Å². The van der Waals surface area contributed by atoms with E-state index in [1.165, 1.54) is 6.08 Å². The van der Waals surface area contributed by atoms with Gasteiger partial charge in [-0.05, 0) is 54.1 Å². The molecule has 0 spiro atoms. The number of nitrogens with one attached hydrogen (secondary N) is 1. The smallest absolute Gasteiger partial charge is 0.262 e. The number of carbonyl (C=O) groups excluding carboxylic acids is 1. The van der Waals surface area contributed by atoms with Gasteiger partial charge in [-0.2, -0.15) is 5.26 Å². The molecule has 0 fully saturated rings. The van der Waals surface area contributed by atoms with E-state index in [4.69, 9.17) is 14.2 Å². The molecular formula is C26H22Br2N2O4. The Morgan fingerprint density at radius 2 is 1.71 bits per heavy atom. The van der Waals surface area contributed by atoms with Crippen LogP contribution in [0.5, 0.6) is 17.2 Å². The number of ether oxygens (including phenoxy) is 3. The molecule has 0 aliphatic carbocycles. The molecule has 1 N–H and O–H groups in total. The van der Waals surface area contributed by atoms with E-state index in [-0.39, 0.29) is 12.1 Å². The van der Waals surface area contributed by atoms with Crippen molar-refractivity contribution in [1.29, 1.82) is 5.26 Å². The number of methoxy groups -OCH3 is 2. The Kier molecular flexibility index (Phi) is 9.14. The lowest BCUT2D eigenvalue weighted by Gasteiger charge is -2.12. The van der Waals surface area contributed by atoms with Gasteiger partial charge in [0.15, 0.2) is 0 Å². The Balaban J connectivity index is 1.76. The number of carbonyl (C=O) groups is 1. The van der Waals surface area contributed by atoms with E-state index in [0.717, 1.165) is 20.1 Å². The molecule has 0 aromatic heterocycles. The quantitative estimate of drug-likeness (QED) is 0.245. The Labute approximate surface area is 215 Å². The average Bonchev–Trinajstić information content (AvgIpc) is 2.86. The second kappa shape index (κ2) is 12.3. The van der Waals surface area contributed by atoms with Crippen LogP contribution in [0, 0.1) is 11.3 Å². The summed E-state index contributed by atoms with van der Waals surface area (Å²) in [7, 11) is 3.11. The molecule has 1 amide bonds. The molecule has 174 valence electrons. The van der Waals surface area contributed by atoms with Gasteiger partial charge in [-0.1, -0.05) is 44.0 Å². The Morgan fingerprint density at radius 3 is 2.38 bits per heavy atom. The van der Waals surface area contributed by atoms with Crippen LogP contribution in [0.4, 0.5) is 0 Å². The van der Waals surface area contributed by atoms with Crippen molar-refractivity contribution < 1.29 is 19.0 Å². The van der Waals surface area contributed by atoms with Gasteiger partial charge in [0.1, 0.15) is 35.5 Å². The number of hydrogen-bond donors (Lipinski definition) is 1. The summed E-state index contributed by atoms with van der Waals surface area (Å²) in [6, 6.07) is 20.5. The van der Waals surface area contributed by atoms with Crippen LogP contribution < -0.4 is 19.5 Å². The summed E-state index contributed by atoms with van der Waals surface area (Å²) in [6.07, 6.45) is 1.52. The third-order valence-corrected chi connectivity index (χ3v) is 5.90. The van der Waals surface area contributed by atoms with E-state index in [1.54, 1.807) is 44.6 Å². The molecule has 34 heavy (non-hydrogen) atoms. The Hall–Kier alpha value is -3.28. The van der Waals surface area contributed by atoms with Crippen molar-refractivity contribution in [2.45, 2.75) is 13.2 Å². The zero-order valence-corrected chi connectivity index (χ0v) is 21.8. The largest absolute Gasteiger partial charge is 0.497 e. The van der Waals surface area contributed by atoms with Crippen LogP contribution in [0.15, 0.2) is 75.2 Å². The van der Waals surface area contributed by atoms with Crippen molar-refractivity contribution in [2.24, 2.45) is 0 Å². The maximum atomic E-state index is 12.8. The van der Waals surface area contributed by atoms with Gasteiger partial charge in [0.05, 0.1) is 14.2 Å². The molecule has 0 bridgehead atoms. The van der Waals surface area contributed by atoms with Crippen molar-refractivity contribution in [3.05, 3.63) is 91.9 Å². The zero-order valence-electron chi connectivity index (χ0n) is 18.6. The van der Waals surface area contributed by atoms with Gasteiger partial charge in [0.25, 0.3) is 5.91 Å². The standard InChI is InChI=1S/C26H22Br2N2O4/c1-32-23-9-5-18(25(13-23)33-2)15-30-26(31)20(14-29)11-19-12-22(28)8-10-24(19)34-16-17-3-6-21(27)7-4-17/h3-13H,15-16H2,1-2H3,(H,30,31)/b20-11+. The molecule has 8 heteroatoms. The van der Waals surface area contributed by atoms with E-state index in [2.05, 4.69) is 37.2 Å². The number of hydrogen-bond acceptors (Lipinski definition) is 5. The lowest BCUT2D eigenvalue weighted by atomic mass is 10.1. The highest BCUT2D eigenvalue weighted by molar-refractivity contribution is 9.10. The lowest BCUT2D eigenvalue weighted by molar-refractivity contribution is -0.117. The van der Waals surface area contributed by atoms with Crippen molar-refractivity contribution in [3.63, 3.8) is 0 Å². The first-order chi connectivity index (χ1) is 16.4. The molecule has 0 saturated carbocycles. The van der Waals surface area contributed by atoms with Crippen LogP contribution in [0.2, 0.25) is 0 Å². The summed E-state index contributed by atoms with van der Waals surface area (Å²) >= 11 is 6.86. The number of halogens is 2. The molecule has 0 aliphatic heterocycles. The van der Waals surface area contributed by atoms with Crippen LogP contribution in [0.25, 0.3) is 6.08 Å². The first kappa shape index (κ1) is 25.3. The summed E-state index contributed by atoms with van der Waals surface area (Å²) < 4.78 is 18.3. The summed E-state index contributed by atoms with van der Waals surface area (Å²) in [6.45, 7) is 0.539.